The van der Waals surface area contributed by atoms with Gasteiger partial charge in [0.25, 0.3) is 0 Å². The molecule has 0 spiro atoms. The van der Waals surface area contributed by atoms with Crippen LogP contribution < -0.4 is 0 Å². The summed E-state index contributed by atoms with van der Waals surface area (Å²) in [6.07, 6.45) is 4.52. The molecule has 0 aliphatic heterocycles. The first kappa shape index (κ1) is 16.2. The van der Waals surface area contributed by atoms with Gasteiger partial charge in [0, 0.05) is 12.4 Å². The molecule has 0 fully saturated rings. The second-order valence-corrected chi connectivity index (χ2v) is 6.15. The molecule has 26 heavy (non-hydrogen) atoms. The first-order chi connectivity index (χ1) is 12.8. The molecule has 0 aliphatic carbocycles. The summed E-state index contributed by atoms with van der Waals surface area (Å²) in [6, 6.07) is 19.8. The van der Waals surface area contributed by atoms with Crippen LogP contribution in [0.4, 0.5) is 0 Å². The highest BCUT2D eigenvalue weighted by molar-refractivity contribution is 5.28. The fourth-order valence-electron chi connectivity index (χ4n) is 2.91. The number of aliphatic hydroxyl groups excluding tert-OH is 1. The van der Waals surface area contributed by atoms with Crippen molar-refractivity contribution in [1.29, 1.82) is 0 Å². The fourth-order valence-corrected chi connectivity index (χ4v) is 2.91. The first-order valence-electron chi connectivity index (χ1n) is 8.45. The van der Waals surface area contributed by atoms with Crippen LogP contribution in [0.1, 0.15) is 28.6 Å². The second kappa shape index (κ2) is 7.33. The lowest BCUT2D eigenvalue weighted by Gasteiger charge is -2.13. The molecule has 1 atom stereocenters. The van der Waals surface area contributed by atoms with E-state index in [1.54, 1.807) is 12.5 Å². The van der Waals surface area contributed by atoms with Gasteiger partial charge in [0.15, 0.2) is 5.82 Å². The highest BCUT2D eigenvalue weighted by Crippen LogP contribution is 2.21. The predicted molar refractivity (Wildman–Crippen MR) is 97.4 cm³/mol. The average molecular weight is 345 g/mol. The summed E-state index contributed by atoms with van der Waals surface area (Å²) in [4.78, 5) is 0. The number of aliphatic hydroxyl groups is 1. The van der Waals surface area contributed by atoms with Crippen molar-refractivity contribution in [1.82, 2.24) is 24.5 Å². The van der Waals surface area contributed by atoms with Crippen LogP contribution in [0.15, 0.2) is 79.4 Å². The summed E-state index contributed by atoms with van der Waals surface area (Å²) in [5, 5.41) is 23.0. The Morgan fingerprint density at radius 3 is 2.38 bits per heavy atom. The van der Waals surface area contributed by atoms with E-state index in [4.69, 9.17) is 0 Å². The molecule has 0 amide bonds. The van der Waals surface area contributed by atoms with Gasteiger partial charge in [0.1, 0.15) is 12.4 Å². The molecule has 1 unspecified atom stereocenters. The molecule has 2 aromatic heterocycles. The van der Waals surface area contributed by atoms with Crippen molar-refractivity contribution in [2.24, 2.45) is 0 Å². The van der Waals surface area contributed by atoms with Gasteiger partial charge in [0.2, 0.25) is 0 Å². The molecule has 0 bridgehead atoms. The number of benzene rings is 2. The second-order valence-electron chi connectivity index (χ2n) is 6.15. The van der Waals surface area contributed by atoms with Crippen LogP contribution in [0.25, 0.3) is 0 Å². The van der Waals surface area contributed by atoms with Gasteiger partial charge in [-0.3, -0.25) is 4.68 Å². The van der Waals surface area contributed by atoms with Crippen LogP contribution >= 0.6 is 0 Å². The van der Waals surface area contributed by atoms with Crippen LogP contribution in [0.2, 0.25) is 0 Å². The van der Waals surface area contributed by atoms with Gasteiger partial charge in [-0.15, -0.1) is 10.2 Å². The van der Waals surface area contributed by atoms with E-state index in [1.807, 2.05) is 76.1 Å². The van der Waals surface area contributed by atoms with Gasteiger partial charge in [-0.2, -0.15) is 5.10 Å². The Labute approximate surface area is 151 Å². The van der Waals surface area contributed by atoms with Gasteiger partial charge in [-0.1, -0.05) is 54.6 Å². The summed E-state index contributed by atoms with van der Waals surface area (Å²) in [5.74, 6) is 0.536. The largest absolute Gasteiger partial charge is 0.380 e. The zero-order valence-electron chi connectivity index (χ0n) is 14.2. The third-order valence-corrected chi connectivity index (χ3v) is 4.29. The Morgan fingerprint density at radius 2 is 1.65 bits per heavy atom. The minimum atomic E-state index is -0.819. The lowest BCUT2D eigenvalue weighted by Crippen LogP contribution is -2.11. The molecule has 2 aromatic carbocycles. The maximum Gasteiger partial charge on any atom is 0.166 e. The smallest absolute Gasteiger partial charge is 0.166 e. The van der Waals surface area contributed by atoms with E-state index in [0.717, 1.165) is 16.7 Å². The van der Waals surface area contributed by atoms with Crippen molar-refractivity contribution in [2.45, 2.75) is 19.2 Å². The number of hydrogen-bond acceptors (Lipinski definition) is 4. The minimum absolute atomic E-state index is 0.536. The van der Waals surface area contributed by atoms with E-state index in [1.165, 1.54) is 0 Å². The summed E-state index contributed by atoms with van der Waals surface area (Å²) < 4.78 is 3.74. The van der Waals surface area contributed by atoms with E-state index in [-0.39, 0.29) is 0 Å². The van der Waals surface area contributed by atoms with Gasteiger partial charge in [0.05, 0.1) is 13.1 Å². The molecule has 2 heterocycles. The van der Waals surface area contributed by atoms with Gasteiger partial charge >= 0.3 is 0 Å². The Hall–Kier alpha value is -3.25. The molecule has 0 aliphatic rings. The highest BCUT2D eigenvalue weighted by Gasteiger charge is 2.17. The zero-order chi connectivity index (χ0) is 17.8. The zero-order valence-corrected chi connectivity index (χ0v) is 14.2. The van der Waals surface area contributed by atoms with Gasteiger partial charge < -0.3 is 9.67 Å². The standard InChI is InChI=1S/C20H19N5O/c26-19(18-9-7-17(8-10-18)14-25-12-4-11-22-25)20-23-21-15-24(20)13-16-5-2-1-3-6-16/h1-12,15,19,26H,13-14H2. The van der Waals surface area contributed by atoms with E-state index in [9.17, 15) is 5.11 Å². The molecular formula is C20H19N5O. The van der Waals surface area contributed by atoms with Crippen LogP contribution in [0, 0.1) is 0 Å². The predicted octanol–water partition coefficient (Wildman–Crippen LogP) is 2.65. The molecule has 130 valence electrons. The number of rotatable bonds is 6. The monoisotopic (exact) mass is 345 g/mol. The Bertz CT molecular complexity index is 946. The summed E-state index contributed by atoms with van der Waals surface area (Å²) in [7, 11) is 0. The SMILES string of the molecule is OC(c1ccc(Cn2cccn2)cc1)c1nncn1Cc1ccccc1. The first-order valence-corrected chi connectivity index (χ1v) is 8.45. The number of aromatic nitrogens is 5. The van der Waals surface area contributed by atoms with E-state index in [2.05, 4.69) is 15.3 Å². The molecule has 1 N–H and O–H groups in total. The van der Waals surface area contributed by atoms with Gasteiger partial charge in [-0.05, 0) is 22.8 Å². The van der Waals surface area contributed by atoms with Crippen LogP contribution in [-0.2, 0) is 13.1 Å². The highest BCUT2D eigenvalue weighted by atomic mass is 16.3. The minimum Gasteiger partial charge on any atom is -0.380 e. The summed E-state index contributed by atoms with van der Waals surface area (Å²) >= 11 is 0. The van der Waals surface area contributed by atoms with Crippen molar-refractivity contribution in [2.75, 3.05) is 0 Å². The molecule has 0 radical (unpaired) electrons. The molecule has 4 rings (SSSR count). The van der Waals surface area contributed by atoms with Crippen molar-refractivity contribution >= 4 is 0 Å². The maximum atomic E-state index is 10.7. The number of nitrogens with zero attached hydrogens (tertiary/aromatic N) is 5. The Balaban J connectivity index is 1.51. The molecule has 4 aromatic rings. The third kappa shape index (κ3) is 3.55. The van der Waals surface area contributed by atoms with E-state index < -0.39 is 6.10 Å². The quantitative estimate of drug-likeness (QED) is 0.583. The van der Waals surface area contributed by atoms with E-state index >= 15 is 0 Å². The Kier molecular flexibility index (Phi) is 4.57. The average Bonchev–Trinajstić information content (AvgIpc) is 3.35. The normalized spacial score (nSPS) is 12.2. The van der Waals surface area contributed by atoms with Crippen LogP contribution in [0.3, 0.4) is 0 Å². The summed E-state index contributed by atoms with van der Waals surface area (Å²) in [5.41, 5.74) is 3.04. The fraction of sp³-hybridized carbons (Fsp3) is 0.150. The summed E-state index contributed by atoms with van der Waals surface area (Å²) in [6.45, 7) is 1.32. The lowest BCUT2D eigenvalue weighted by molar-refractivity contribution is 0.204. The van der Waals surface area contributed by atoms with Crippen molar-refractivity contribution < 1.29 is 5.11 Å². The van der Waals surface area contributed by atoms with Crippen LogP contribution in [0.5, 0.6) is 0 Å². The lowest BCUT2D eigenvalue weighted by atomic mass is 10.1. The molecule has 0 saturated carbocycles. The van der Waals surface area contributed by atoms with Gasteiger partial charge in [-0.25, -0.2) is 0 Å². The van der Waals surface area contributed by atoms with Crippen molar-refractivity contribution in [3.05, 3.63) is 102 Å². The van der Waals surface area contributed by atoms with E-state index in [0.29, 0.717) is 18.9 Å². The Morgan fingerprint density at radius 1 is 0.885 bits per heavy atom. The molecular weight excluding hydrogens is 326 g/mol. The van der Waals surface area contributed by atoms with Crippen molar-refractivity contribution in [3.63, 3.8) is 0 Å². The molecule has 0 saturated heterocycles. The topological polar surface area (TPSA) is 68.8 Å². The van der Waals surface area contributed by atoms with Crippen LogP contribution in [-0.4, -0.2) is 29.7 Å². The van der Waals surface area contributed by atoms with Crippen molar-refractivity contribution in [3.8, 4) is 0 Å². The maximum absolute atomic E-state index is 10.7. The molecule has 6 nitrogen and oxygen atoms in total. The molecule has 6 heteroatoms. The number of hydrogen-bond donors (Lipinski definition) is 1. The third-order valence-electron chi connectivity index (χ3n) is 4.29.